The van der Waals surface area contributed by atoms with E-state index in [0.717, 1.165) is 12.1 Å². The SMILES string of the molecule is CCC(C)C(=O)Nc1cnn(C(C)C)c1. The first-order valence-corrected chi connectivity index (χ1v) is 5.39. The molecule has 0 aromatic carbocycles. The van der Waals surface area contributed by atoms with Crippen molar-refractivity contribution in [1.29, 1.82) is 0 Å². The van der Waals surface area contributed by atoms with Crippen molar-refractivity contribution < 1.29 is 4.79 Å². The van der Waals surface area contributed by atoms with Crippen LogP contribution < -0.4 is 5.32 Å². The first-order chi connectivity index (χ1) is 7.04. The van der Waals surface area contributed by atoms with Crippen LogP contribution in [0.15, 0.2) is 12.4 Å². The number of anilines is 1. The van der Waals surface area contributed by atoms with E-state index in [1.165, 1.54) is 0 Å². The number of nitrogens with one attached hydrogen (secondary N) is 1. The molecular formula is C11H19N3O. The maximum Gasteiger partial charge on any atom is 0.227 e. The van der Waals surface area contributed by atoms with Crippen molar-refractivity contribution in [3.8, 4) is 0 Å². The summed E-state index contributed by atoms with van der Waals surface area (Å²) in [5.41, 5.74) is 0.772. The monoisotopic (exact) mass is 209 g/mol. The van der Waals surface area contributed by atoms with Gasteiger partial charge in [0.15, 0.2) is 0 Å². The average Bonchev–Trinajstić information content (AvgIpc) is 2.65. The lowest BCUT2D eigenvalue weighted by molar-refractivity contribution is -0.119. The molecule has 0 spiro atoms. The number of nitrogens with zero attached hydrogens (tertiary/aromatic N) is 2. The van der Waals surface area contributed by atoms with Crippen molar-refractivity contribution in [3.05, 3.63) is 12.4 Å². The van der Waals surface area contributed by atoms with Crippen LogP contribution in [0.5, 0.6) is 0 Å². The van der Waals surface area contributed by atoms with Crippen LogP contribution in [-0.4, -0.2) is 15.7 Å². The zero-order valence-corrected chi connectivity index (χ0v) is 9.82. The number of hydrogen-bond donors (Lipinski definition) is 1. The third kappa shape index (κ3) is 3.08. The van der Waals surface area contributed by atoms with Crippen molar-refractivity contribution in [2.24, 2.45) is 5.92 Å². The van der Waals surface area contributed by atoms with Gasteiger partial charge in [0.05, 0.1) is 11.9 Å². The Balaban J connectivity index is 2.61. The number of rotatable bonds is 4. The van der Waals surface area contributed by atoms with Crippen molar-refractivity contribution in [3.63, 3.8) is 0 Å². The van der Waals surface area contributed by atoms with E-state index in [4.69, 9.17) is 0 Å². The molecule has 1 unspecified atom stereocenters. The van der Waals surface area contributed by atoms with E-state index in [9.17, 15) is 4.79 Å². The summed E-state index contributed by atoms with van der Waals surface area (Å²) in [6, 6.07) is 0.319. The number of carbonyl (C=O) groups excluding carboxylic acids is 1. The van der Waals surface area contributed by atoms with E-state index in [1.54, 1.807) is 6.20 Å². The second kappa shape index (κ2) is 4.96. The molecule has 0 radical (unpaired) electrons. The average molecular weight is 209 g/mol. The molecule has 84 valence electrons. The molecule has 1 aromatic heterocycles. The van der Waals surface area contributed by atoms with Gasteiger partial charge in [0.2, 0.25) is 5.91 Å². The summed E-state index contributed by atoms with van der Waals surface area (Å²) < 4.78 is 1.83. The summed E-state index contributed by atoms with van der Waals surface area (Å²) in [7, 11) is 0. The molecule has 1 aromatic rings. The van der Waals surface area contributed by atoms with Gasteiger partial charge in [-0.05, 0) is 20.3 Å². The summed E-state index contributed by atoms with van der Waals surface area (Å²) in [5, 5.41) is 7.00. The topological polar surface area (TPSA) is 46.9 Å². The van der Waals surface area contributed by atoms with Gasteiger partial charge < -0.3 is 5.32 Å². The molecule has 0 fully saturated rings. The number of amides is 1. The molecule has 15 heavy (non-hydrogen) atoms. The van der Waals surface area contributed by atoms with Crippen molar-refractivity contribution in [2.45, 2.75) is 40.2 Å². The van der Waals surface area contributed by atoms with Crippen molar-refractivity contribution in [2.75, 3.05) is 5.32 Å². The molecule has 0 saturated heterocycles. The Morgan fingerprint density at radius 2 is 2.20 bits per heavy atom. The molecule has 4 nitrogen and oxygen atoms in total. The number of aromatic nitrogens is 2. The summed E-state index contributed by atoms with van der Waals surface area (Å²) >= 11 is 0. The summed E-state index contributed by atoms with van der Waals surface area (Å²) in [4.78, 5) is 11.6. The Bertz CT molecular complexity index is 330. The Morgan fingerprint density at radius 1 is 1.53 bits per heavy atom. The molecule has 0 saturated carbocycles. The Morgan fingerprint density at radius 3 is 2.67 bits per heavy atom. The predicted molar refractivity (Wildman–Crippen MR) is 60.7 cm³/mol. The van der Waals surface area contributed by atoms with Gasteiger partial charge in [-0.25, -0.2) is 0 Å². The van der Waals surface area contributed by atoms with Crippen LogP contribution >= 0.6 is 0 Å². The smallest absolute Gasteiger partial charge is 0.227 e. The zero-order chi connectivity index (χ0) is 11.4. The fourth-order valence-corrected chi connectivity index (χ4v) is 1.14. The van der Waals surface area contributed by atoms with Crippen LogP contribution in [0, 0.1) is 5.92 Å². The zero-order valence-electron chi connectivity index (χ0n) is 9.82. The van der Waals surface area contributed by atoms with Gasteiger partial charge in [-0.1, -0.05) is 13.8 Å². The van der Waals surface area contributed by atoms with Crippen LogP contribution in [0.4, 0.5) is 5.69 Å². The highest BCUT2D eigenvalue weighted by Gasteiger charge is 2.11. The van der Waals surface area contributed by atoms with E-state index < -0.39 is 0 Å². The Hall–Kier alpha value is -1.32. The molecule has 0 aliphatic carbocycles. The van der Waals surface area contributed by atoms with Crippen LogP contribution in [0.2, 0.25) is 0 Å². The molecule has 1 amide bonds. The molecule has 1 atom stereocenters. The minimum Gasteiger partial charge on any atom is -0.323 e. The first-order valence-electron chi connectivity index (χ1n) is 5.39. The third-order valence-electron chi connectivity index (χ3n) is 2.46. The molecule has 0 aliphatic heterocycles. The van der Waals surface area contributed by atoms with E-state index in [1.807, 2.05) is 38.6 Å². The lowest BCUT2D eigenvalue weighted by atomic mass is 10.1. The summed E-state index contributed by atoms with van der Waals surface area (Å²) in [5.74, 6) is 0.105. The van der Waals surface area contributed by atoms with E-state index in [-0.39, 0.29) is 11.8 Å². The number of carbonyl (C=O) groups is 1. The normalized spacial score (nSPS) is 12.9. The van der Waals surface area contributed by atoms with Gasteiger partial charge in [0, 0.05) is 18.2 Å². The fraction of sp³-hybridized carbons (Fsp3) is 0.636. The molecule has 0 aliphatic rings. The third-order valence-corrected chi connectivity index (χ3v) is 2.46. The molecule has 1 N–H and O–H groups in total. The molecule has 4 heteroatoms. The van der Waals surface area contributed by atoms with Gasteiger partial charge in [0.1, 0.15) is 0 Å². The summed E-state index contributed by atoms with van der Waals surface area (Å²) in [6.07, 6.45) is 4.38. The van der Waals surface area contributed by atoms with Crippen molar-refractivity contribution in [1.82, 2.24) is 9.78 Å². The quantitative estimate of drug-likeness (QED) is 0.828. The highest BCUT2D eigenvalue weighted by molar-refractivity contribution is 5.91. The lowest BCUT2D eigenvalue weighted by Crippen LogP contribution is -2.19. The Kier molecular flexibility index (Phi) is 3.88. The second-order valence-corrected chi connectivity index (χ2v) is 4.10. The minimum atomic E-state index is 0.0485. The second-order valence-electron chi connectivity index (χ2n) is 4.10. The molecule has 1 rings (SSSR count). The number of hydrogen-bond acceptors (Lipinski definition) is 2. The van der Waals surface area contributed by atoms with E-state index in [0.29, 0.717) is 6.04 Å². The maximum atomic E-state index is 11.6. The molecule has 1 heterocycles. The Labute approximate surface area is 90.7 Å². The van der Waals surface area contributed by atoms with Gasteiger partial charge in [-0.15, -0.1) is 0 Å². The maximum absolute atomic E-state index is 11.6. The van der Waals surface area contributed by atoms with Gasteiger partial charge in [-0.2, -0.15) is 5.10 Å². The summed E-state index contributed by atoms with van der Waals surface area (Å²) in [6.45, 7) is 8.02. The van der Waals surface area contributed by atoms with Crippen molar-refractivity contribution >= 4 is 11.6 Å². The van der Waals surface area contributed by atoms with Gasteiger partial charge >= 0.3 is 0 Å². The highest BCUT2D eigenvalue weighted by atomic mass is 16.1. The molecular weight excluding hydrogens is 190 g/mol. The van der Waals surface area contributed by atoms with Crippen LogP contribution in [-0.2, 0) is 4.79 Å². The first kappa shape index (κ1) is 11.8. The fourth-order valence-electron chi connectivity index (χ4n) is 1.14. The standard InChI is InChI=1S/C11H19N3O/c1-5-9(4)11(15)13-10-6-12-14(7-10)8(2)3/h6-9H,5H2,1-4H3,(H,13,15). The van der Waals surface area contributed by atoms with Gasteiger partial charge in [-0.3, -0.25) is 9.48 Å². The predicted octanol–water partition coefficient (Wildman–Crippen LogP) is 2.45. The molecule has 0 bridgehead atoms. The van der Waals surface area contributed by atoms with E-state index in [2.05, 4.69) is 10.4 Å². The van der Waals surface area contributed by atoms with Gasteiger partial charge in [0.25, 0.3) is 0 Å². The highest BCUT2D eigenvalue weighted by Crippen LogP contribution is 2.12. The van der Waals surface area contributed by atoms with Crippen LogP contribution in [0.25, 0.3) is 0 Å². The minimum absolute atomic E-state index is 0.0485. The lowest BCUT2D eigenvalue weighted by Gasteiger charge is -2.07. The van der Waals surface area contributed by atoms with Crippen LogP contribution in [0.3, 0.4) is 0 Å². The largest absolute Gasteiger partial charge is 0.323 e. The van der Waals surface area contributed by atoms with Crippen LogP contribution in [0.1, 0.15) is 40.2 Å². The van der Waals surface area contributed by atoms with E-state index >= 15 is 0 Å².